The molecule has 5 nitrogen and oxygen atoms in total. The second-order valence-electron chi connectivity index (χ2n) is 6.29. The van der Waals surface area contributed by atoms with Gasteiger partial charge in [-0.25, -0.2) is 0 Å². The highest BCUT2D eigenvalue weighted by Gasteiger charge is 2.38. The van der Waals surface area contributed by atoms with E-state index < -0.39 is 23.9 Å². The normalized spacial score (nSPS) is 21.0. The first-order chi connectivity index (χ1) is 11.7. The number of aryl methyl sites for hydroxylation is 2. The molecule has 2 aromatic rings. The van der Waals surface area contributed by atoms with Crippen LogP contribution in [0.5, 0.6) is 0 Å². The fourth-order valence-electron chi connectivity index (χ4n) is 3.24. The second kappa shape index (κ2) is 6.18. The third-order valence-corrected chi connectivity index (χ3v) is 4.38. The summed E-state index contributed by atoms with van der Waals surface area (Å²) in [5, 5.41) is 14.1. The van der Waals surface area contributed by atoms with Crippen molar-refractivity contribution in [3.63, 3.8) is 0 Å². The lowest BCUT2D eigenvalue weighted by atomic mass is 10.0. The Bertz CT molecular complexity index is 801. The van der Waals surface area contributed by atoms with Crippen molar-refractivity contribution in [3.05, 3.63) is 52.8 Å². The van der Waals surface area contributed by atoms with Crippen LogP contribution in [-0.2, 0) is 13.2 Å². The first-order valence-electron chi connectivity index (χ1n) is 7.83. The first-order valence-corrected chi connectivity index (χ1v) is 7.83. The van der Waals surface area contributed by atoms with Gasteiger partial charge >= 0.3 is 6.18 Å². The Morgan fingerprint density at radius 2 is 2.08 bits per heavy atom. The number of β-amino-alcohol motifs (C(OH)–C–C–N with tert-alkyl or cyclic N) is 1. The van der Waals surface area contributed by atoms with Gasteiger partial charge < -0.3 is 10.0 Å². The van der Waals surface area contributed by atoms with E-state index in [4.69, 9.17) is 0 Å². The minimum atomic E-state index is -4.46. The lowest BCUT2D eigenvalue weighted by Gasteiger charge is -2.25. The summed E-state index contributed by atoms with van der Waals surface area (Å²) in [7, 11) is 1.69. The van der Waals surface area contributed by atoms with Crippen LogP contribution in [0, 0.1) is 6.92 Å². The van der Waals surface area contributed by atoms with Gasteiger partial charge in [-0.3, -0.25) is 9.48 Å². The van der Waals surface area contributed by atoms with Gasteiger partial charge in [-0.15, -0.1) is 0 Å². The fourth-order valence-corrected chi connectivity index (χ4v) is 3.24. The number of aliphatic hydroxyl groups is 1. The van der Waals surface area contributed by atoms with Crippen molar-refractivity contribution in [2.45, 2.75) is 31.7 Å². The van der Waals surface area contributed by atoms with E-state index in [1.165, 1.54) is 15.6 Å². The van der Waals surface area contributed by atoms with Crippen LogP contribution in [0.3, 0.4) is 0 Å². The Morgan fingerprint density at radius 3 is 2.68 bits per heavy atom. The lowest BCUT2D eigenvalue weighted by molar-refractivity contribution is -0.137. The van der Waals surface area contributed by atoms with E-state index in [9.17, 15) is 23.1 Å². The fraction of sp³-hybridized carbons (Fsp3) is 0.412. The zero-order chi connectivity index (χ0) is 18.4. The van der Waals surface area contributed by atoms with Crippen molar-refractivity contribution in [1.29, 1.82) is 0 Å². The summed E-state index contributed by atoms with van der Waals surface area (Å²) in [5.41, 5.74) is 0.517. The van der Waals surface area contributed by atoms with Gasteiger partial charge in [-0.1, -0.05) is 12.1 Å². The molecule has 1 aliphatic rings. The Kier molecular flexibility index (Phi) is 4.32. The first kappa shape index (κ1) is 17.5. The average Bonchev–Trinajstić information content (AvgIpc) is 3.08. The maximum absolute atomic E-state index is 13.0. The largest absolute Gasteiger partial charge is 0.416 e. The summed E-state index contributed by atoms with van der Waals surface area (Å²) in [4.78, 5) is 14.3. The third kappa shape index (κ3) is 3.39. The van der Waals surface area contributed by atoms with Crippen LogP contribution < -0.4 is 0 Å². The molecule has 3 rings (SSSR count). The smallest absolute Gasteiger partial charge is 0.391 e. The summed E-state index contributed by atoms with van der Waals surface area (Å²) in [6.45, 7) is 1.77. The number of aliphatic hydroxyl groups excluding tert-OH is 1. The van der Waals surface area contributed by atoms with Crippen LogP contribution in [0.15, 0.2) is 30.5 Å². The van der Waals surface area contributed by atoms with Crippen LogP contribution in [0.25, 0.3) is 0 Å². The highest BCUT2D eigenvalue weighted by molar-refractivity contribution is 5.95. The molecule has 2 heterocycles. The molecule has 25 heavy (non-hydrogen) atoms. The van der Waals surface area contributed by atoms with Crippen LogP contribution in [0.1, 0.15) is 39.6 Å². The minimum absolute atomic E-state index is 0.0775. The molecule has 1 aliphatic heterocycles. The van der Waals surface area contributed by atoms with Crippen LogP contribution in [-0.4, -0.2) is 38.3 Å². The van der Waals surface area contributed by atoms with Gasteiger partial charge in [0.25, 0.3) is 5.91 Å². The Morgan fingerprint density at radius 1 is 1.36 bits per heavy atom. The molecular weight excluding hydrogens is 335 g/mol. The standard InChI is InChI=1S/C17H18F3N3O2/c1-10-14(9-22(2)21-10)16(25)23-8-13(24)7-15(23)11-4-3-5-12(6-11)17(18,19)20/h3-6,9,13,15,24H,7-8H2,1-2H3/t13-,15-/m1/s1. The van der Waals surface area contributed by atoms with Crippen molar-refractivity contribution in [2.24, 2.45) is 7.05 Å². The van der Waals surface area contributed by atoms with E-state index in [0.29, 0.717) is 16.8 Å². The molecule has 1 saturated heterocycles. The summed E-state index contributed by atoms with van der Waals surface area (Å²) >= 11 is 0. The van der Waals surface area contributed by atoms with Crippen LogP contribution in [0.4, 0.5) is 13.2 Å². The lowest BCUT2D eigenvalue weighted by Crippen LogP contribution is -2.32. The molecule has 0 aliphatic carbocycles. The van der Waals surface area contributed by atoms with Crippen molar-refractivity contribution in [1.82, 2.24) is 14.7 Å². The zero-order valence-electron chi connectivity index (χ0n) is 13.8. The molecular formula is C17H18F3N3O2. The summed E-state index contributed by atoms with van der Waals surface area (Å²) in [6, 6.07) is 4.30. The van der Waals surface area contributed by atoms with E-state index in [1.807, 2.05) is 0 Å². The van der Waals surface area contributed by atoms with E-state index in [1.54, 1.807) is 26.2 Å². The van der Waals surface area contributed by atoms with E-state index in [0.717, 1.165) is 12.1 Å². The number of aromatic nitrogens is 2. The molecule has 0 bridgehead atoms. The molecule has 2 atom stereocenters. The number of hydrogen-bond acceptors (Lipinski definition) is 3. The summed E-state index contributed by atoms with van der Waals surface area (Å²) in [6.07, 6.45) is -3.46. The molecule has 8 heteroatoms. The maximum atomic E-state index is 13.0. The highest BCUT2D eigenvalue weighted by atomic mass is 19.4. The van der Waals surface area contributed by atoms with Crippen molar-refractivity contribution in [3.8, 4) is 0 Å². The minimum Gasteiger partial charge on any atom is -0.391 e. The molecule has 1 fully saturated rings. The maximum Gasteiger partial charge on any atom is 0.416 e. The summed E-state index contributed by atoms with van der Waals surface area (Å²) in [5.74, 6) is -0.343. The van der Waals surface area contributed by atoms with E-state index in [2.05, 4.69) is 5.10 Å². The van der Waals surface area contributed by atoms with Gasteiger partial charge in [0.2, 0.25) is 0 Å². The van der Waals surface area contributed by atoms with Crippen molar-refractivity contribution >= 4 is 5.91 Å². The summed E-state index contributed by atoms with van der Waals surface area (Å²) < 4.78 is 40.4. The SMILES string of the molecule is Cc1nn(C)cc1C(=O)N1C[C@H](O)C[C@@H]1c1cccc(C(F)(F)F)c1. The Labute approximate surface area is 142 Å². The van der Waals surface area contributed by atoms with Gasteiger partial charge in [0.1, 0.15) is 0 Å². The molecule has 1 aromatic heterocycles. The molecule has 0 spiro atoms. The average molecular weight is 353 g/mol. The number of likely N-dealkylation sites (tertiary alicyclic amines) is 1. The molecule has 1 amide bonds. The zero-order valence-corrected chi connectivity index (χ0v) is 13.8. The second-order valence-corrected chi connectivity index (χ2v) is 6.29. The van der Waals surface area contributed by atoms with Gasteiger partial charge in [-0.05, 0) is 31.0 Å². The number of hydrogen-bond donors (Lipinski definition) is 1. The third-order valence-electron chi connectivity index (χ3n) is 4.38. The molecule has 1 aromatic carbocycles. The predicted molar refractivity (Wildman–Crippen MR) is 83.8 cm³/mol. The molecule has 0 saturated carbocycles. The van der Waals surface area contributed by atoms with Crippen LogP contribution >= 0.6 is 0 Å². The predicted octanol–water partition coefficient (Wildman–Crippen LogP) is 2.70. The number of amides is 1. The number of carbonyl (C=O) groups excluding carboxylic acids is 1. The number of benzene rings is 1. The number of nitrogens with zero attached hydrogens (tertiary/aromatic N) is 3. The molecule has 0 radical (unpaired) electrons. The molecule has 0 unspecified atom stereocenters. The quantitative estimate of drug-likeness (QED) is 0.903. The number of rotatable bonds is 2. The molecule has 134 valence electrons. The van der Waals surface area contributed by atoms with Crippen molar-refractivity contribution < 1.29 is 23.1 Å². The number of carbonyl (C=O) groups is 1. The Balaban J connectivity index is 1.95. The van der Waals surface area contributed by atoms with Crippen molar-refractivity contribution in [2.75, 3.05) is 6.54 Å². The van der Waals surface area contributed by atoms with Gasteiger partial charge in [0.05, 0.1) is 29.0 Å². The number of alkyl halides is 3. The Hall–Kier alpha value is -2.35. The van der Waals surface area contributed by atoms with E-state index in [-0.39, 0.29) is 18.9 Å². The number of halogens is 3. The van der Waals surface area contributed by atoms with Gasteiger partial charge in [-0.2, -0.15) is 18.3 Å². The highest BCUT2D eigenvalue weighted by Crippen LogP contribution is 2.37. The topological polar surface area (TPSA) is 58.4 Å². The molecule has 1 N–H and O–H groups in total. The van der Waals surface area contributed by atoms with Gasteiger partial charge in [0.15, 0.2) is 0 Å². The van der Waals surface area contributed by atoms with Gasteiger partial charge in [0, 0.05) is 19.8 Å². The monoisotopic (exact) mass is 353 g/mol. The van der Waals surface area contributed by atoms with Crippen LogP contribution in [0.2, 0.25) is 0 Å². The van der Waals surface area contributed by atoms with E-state index >= 15 is 0 Å².